The first-order valence-electron chi connectivity index (χ1n) is 15.9. The maximum atomic E-state index is 13.7. The fourth-order valence-corrected chi connectivity index (χ4v) is 7.62. The number of anilines is 3. The Labute approximate surface area is 269 Å². The van der Waals surface area contributed by atoms with Crippen LogP contribution in [-0.4, -0.2) is 28.7 Å². The van der Waals surface area contributed by atoms with E-state index in [2.05, 4.69) is 71.1 Å². The van der Waals surface area contributed by atoms with Crippen molar-refractivity contribution in [3.63, 3.8) is 0 Å². The second-order valence-electron chi connectivity index (χ2n) is 12.8. The standard InChI is InChI=1S/C37H39N5O2S/c1-23-13-15-29(17-24(23)2)38-37(45)40-32-19-27(36(44)39-31-10-5-8-26-7-3-4-9-30(26)31)14-16-34(32)41-20-25-18-28(22-41)33-11-6-12-35(43)42(33)21-25/h3-4,6-7,9,11-17,19,25,28,31H,5,8,10,18,20-22H2,1-2H3,(H,39,44)(H2,38,40,45)/t25-,28+,31+/m1/s1. The van der Waals surface area contributed by atoms with E-state index < -0.39 is 0 Å². The number of piperidine rings is 1. The van der Waals surface area contributed by atoms with Gasteiger partial charge in [0.15, 0.2) is 5.11 Å². The summed E-state index contributed by atoms with van der Waals surface area (Å²) in [6.07, 6.45) is 4.10. The minimum absolute atomic E-state index is 0.00370. The molecule has 3 aromatic carbocycles. The molecule has 4 aromatic rings. The molecule has 1 fully saturated rings. The lowest BCUT2D eigenvalue weighted by atomic mass is 9.83. The predicted octanol–water partition coefficient (Wildman–Crippen LogP) is 6.71. The van der Waals surface area contributed by atoms with Gasteiger partial charge < -0.3 is 25.4 Å². The second-order valence-corrected chi connectivity index (χ2v) is 13.2. The first-order valence-corrected chi connectivity index (χ1v) is 16.4. The van der Waals surface area contributed by atoms with Crippen LogP contribution in [0.15, 0.2) is 83.7 Å². The molecule has 2 bridgehead atoms. The lowest BCUT2D eigenvalue weighted by Crippen LogP contribution is -2.47. The molecule has 0 spiro atoms. The summed E-state index contributed by atoms with van der Waals surface area (Å²) < 4.78 is 1.95. The molecule has 1 amide bonds. The number of benzene rings is 3. The van der Waals surface area contributed by atoms with Crippen LogP contribution in [0.1, 0.15) is 69.5 Å². The van der Waals surface area contributed by atoms with Crippen molar-refractivity contribution in [3.05, 3.63) is 123 Å². The molecule has 3 aliphatic rings. The summed E-state index contributed by atoms with van der Waals surface area (Å²) >= 11 is 5.81. The highest BCUT2D eigenvalue weighted by molar-refractivity contribution is 7.80. The molecule has 7 nitrogen and oxygen atoms in total. The molecule has 0 saturated carbocycles. The van der Waals surface area contributed by atoms with Gasteiger partial charge in [-0.25, -0.2) is 0 Å². The number of nitrogens with one attached hydrogen (secondary N) is 3. The Balaban J connectivity index is 1.18. The van der Waals surface area contributed by atoms with Gasteiger partial charge in [0.1, 0.15) is 0 Å². The third kappa shape index (κ3) is 5.99. The van der Waals surface area contributed by atoms with Gasteiger partial charge in [-0.15, -0.1) is 0 Å². The van der Waals surface area contributed by atoms with E-state index in [-0.39, 0.29) is 23.4 Å². The number of nitrogens with zero attached hydrogens (tertiary/aromatic N) is 2. The highest BCUT2D eigenvalue weighted by atomic mass is 32.1. The zero-order chi connectivity index (χ0) is 31.1. The number of carbonyl (C=O) groups excluding carboxylic acids is 1. The summed E-state index contributed by atoms with van der Waals surface area (Å²) in [7, 11) is 0. The minimum atomic E-state index is -0.0943. The van der Waals surface area contributed by atoms with E-state index in [1.807, 2.05) is 41.0 Å². The van der Waals surface area contributed by atoms with Gasteiger partial charge in [-0.1, -0.05) is 36.4 Å². The Kier molecular flexibility index (Phi) is 7.92. The molecule has 45 heavy (non-hydrogen) atoms. The molecule has 1 saturated heterocycles. The van der Waals surface area contributed by atoms with Crippen LogP contribution in [-0.2, 0) is 13.0 Å². The van der Waals surface area contributed by atoms with Crippen molar-refractivity contribution in [1.82, 2.24) is 9.88 Å². The number of amides is 1. The zero-order valence-corrected chi connectivity index (χ0v) is 26.6. The number of fused-ring (bicyclic) bond motifs is 5. The number of pyridine rings is 1. The lowest BCUT2D eigenvalue weighted by molar-refractivity contribution is 0.0933. The van der Waals surface area contributed by atoms with Crippen molar-refractivity contribution < 1.29 is 4.79 Å². The maximum Gasteiger partial charge on any atom is 0.251 e. The smallest absolute Gasteiger partial charge is 0.251 e. The van der Waals surface area contributed by atoms with Crippen LogP contribution in [0.5, 0.6) is 0 Å². The molecule has 230 valence electrons. The van der Waals surface area contributed by atoms with Crippen molar-refractivity contribution >= 4 is 40.3 Å². The fourth-order valence-electron chi connectivity index (χ4n) is 7.40. The Morgan fingerprint density at radius 1 is 0.889 bits per heavy atom. The molecule has 0 unspecified atom stereocenters. The van der Waals surface area contributed by atoms with Crippen LogP contribution >= 0.6 is 12.2 Å². The average Bonchev–Trinajstić information content (AvgIpc) is 3.03. The minimum Gasteiger partial charge on any atom is -0.369 e. The van der Waals surface area contributed by atoms with E-state index in [1.165, 1.54) is 22.3 Å². The van der Waals surface area contributed by atoms with Gasteiger partial charge in [0.2, 0.25) is 0 Å². The molecule has 3 atom stereocenters. The average molecular weight is 618 g/mol. The predicted molar refractivity (Wildman–Crippen MR) is 186 cm³/mol. The van der Waals surface area contributed by atoms with Crippen LogP contribution in [0.3, 0.4) is 0 Å². The van der Waals surface area contributed by atoms with Crippen molar-refractivity contribution in [1.29, 1.82) is 0 Å². The van der Waals surface area contributed by atoms with Crippen molar-refractivity contribution in [2.75, 3.05) is 28.6 Å². The monoisotopic (exact) mass is 617 g/mol. The number of aromatic nitrogens is 1. The summed E-state index contributed by atoms with van der Waals surface area (Å²) in [5.74, 6) is 0.525. The molecule has 1 aliphatic carbocycles. The summed E-state index contributed by atoms with van der Waals surface area (Å²) in [4.78, 5) is 28.7. The molecule has 8 heteroatoms. The zero-order valence-electron chi connectivity index (χ0n) is 25.8. The van der Waals surface area contributed by atoms with Crippen molar-refractivity contribution in [2.24, 2.45) is 5.92 Å². The quantitative estimate of drug-likeness (QED) is 0.216. The molecular weight excluding hydrogens is 579 g/mol. The Bertz CT molecular complexity index is 1850. The largest absolute Gasteiger partial charge is 0.369 e. The summed E-state index contributed by atoms with van der Waals surface area (Å²) in [5, 5.41) is 10.6. The van der Waals surface area contributed by atoms with E-state index in [9.17, 15) is 9.59 Å². The van der Waals surface area contributed by atoms with Crippen LogP contribution in [0, 0.1) is 19.8 Å². The SMILES string of the molecule is Cc1ccc(NC(=S)Nc2cc(C(=O)N[C@H]3CCCc4ccccc43)ccc2N2C[C@H]3C[C@@H](C2)c2cccc(=O)n2C3)cc1C. The third-order valence-electron chi connectivity index (χ3n) is 9.77. The normalized spacial score (nSPS) is 20.0. The van der Waals surface area contributed by atoms with Gasteiger partial charge in [0.25, 0.3) is 11.5 Å². The van der Waals surface area contributed by atoms with E-state index in [0.29, 0.717) is 16.6 Å². The summed E-state index contributed by atoms with van der Waals surface area (Å²) in [6.45, 7) is 6.51. The number of hydrogen-bond donors (Lipinski definition) is 3. The highest BCUT2D eigenvalue weighted by Crippen LogP contribution is 2.39. The van der Waals surface area contributed by atoms with Crippen LogP contribution in [0.4, 0.5) is 17.1 Å². The van der Waals surface area contributed by atoms with E-state index in [0.717, 1.165) is 68.1 Å². The number of rotatable bonds is 5. The Hall–Kier alpha value is -4.43. The topological polar surface area (TPSA) is 78.4 Å². The number of thiocarbonyl (C=S) groups is 1. The van der Waals surface area contributed by atoms with Crippen molar-refractivity contribution in [2.45, 2.75) is 58.0 Å². The van der Waals surface area contributed by atoms with Gasteiger partial charge in [0.05, 0.1) is 17.4 Å². The lowest BCUT2D eigenvalue weighted by Gasteiger charge is -2.44. The molecule has 0 radical (unpaired) electrons. The second kappa shape index (κ2) is 12.2. The van der Waals surface area contributed by atoms with E-state index in [1.54, 1.807) is 6.07 Å². The Morgan fingerprint density at radius 2 is 1.76 bits per heavy atom. The first-order chi connectivity index (χ1) is 21.8. The number of carbonyl (C=O) groups is 1. The molecule has 3 heterocycles. The van der Waals surface area contributed by atoms with Gasteiger partial charge in [-0.2, -0.15) is 0 Å². The summed E-state index contributed by atoms with van der Waals surface area (Å²) in [5.41, 5.74) is 9.42. The molecule has 2 aliphatic heterocycles. The van der Waals surface area contributed by atoms with E-state index in [4.69, 9.17) is 12.2 Å². The first kappa shape index (κ1) is 29.3. The van der Waals surface area contributed by atoms with Gasteiger partial charge in [-0.3, -0.25) is 9.59 Å². The molecule has 3 N–H and O–H groups in total. The number of aryl methyl sites for hydroxylation is 3. The number of hydrogen-bond acceptors (Lipinski definition) is 4. The third-order valence-corrected chi connectivity index (χ3v) is 9.97. The maximum absolute atomic E-state index is 13.7. The highest BCUT2D eigenvalue weighted by Gasteiger charge is 2.35. The fraction of sp³-hybridized carbons (Fsp3) is 0.324. The van der Waals surface area contributed by atoms with Crippen LogP contribution in [0.25, 0.3) is 0 Å². The molecule has 1 aromatic heterocycles. The van der Waals surface area contributed by atoms with Crippen LogP contribution < -0.4 is 26.4 Å². The molecular formula is C37H39N5O2S. The van der Waals surface area contributed by atoms with Crippen molar-refractivity contribution in [3.8, 4) is 0 Å². The molecule has 7 rings (SSSR count). The van der Waals surface area contributed by atoms with Crippen LogP contribution in [0.2, 0.25) is 0 Å². The van der Waals surface area contributed by atoms with Gasteiger partial charge in [-0.05, 0) is 116 Å². The van der Waals surface area contributed by atoms with Gasteiger partial charge in [0, 0.05) is 48.6 Å². The summed E-state index contributed by atoms with van der Waals surface area (Å²) in [6, 6.07) is 26.1. The van der Waals surface area contributed by atoms with E-state index >= 15 is 0 Å². The Morgan fingerprint density at radius 3 is 2.62 bits per heavy atom. The van der Waals surface area contributed by atoms with Gasteiger partial charge >= 0.3 is 0 Å².